The van der Waals surface area contributed by atoms with Crippen LogP contribution in [-0.4, -0.2) is 22.1 Å². The Balaban J connectivity index is 2.65. The molecule has 0 atom stereocenters. The zero-order chi connectivity index (χ0) is 13.5. The van der Waals surface area contributed by atoms with E-state index < -0.39 is 29.6 Å². The van der Waals surface area contributed by atoms with Crippen LogP contribution < -0.4 is 5.73 Å². The third-order valence-electron chi connectivity index (χ3n) is 2.61. The Kier molecular flexibility index (Phi) is 2.86. The molecule has 0 fully saturated rings. The van der Waals surface area contributed by atoms with Gasteiger partial charge in [0.2, 0.25) is 5.78 Å². The first kappa shape index (κ1) is 12.6. The van der Waals surface area contributed by atoms with Crippen LogP contribution in [0.2, 0.25) is 0 Å². The molecular formula is C11H10F3N3O. The van der Waals surface area contributed by atoms with Crippen LogP contribution in [0.25, 0.3) is 10.9 Å². The van der Waals surface area contributed by atoms with Crippen LogP contribution in [0.15, 0.2) is 18.3 Å². The quantitative estimate of drug-likeness (QED) is 0.902. The van der Waals surface area contributed by atoms with Gasteiger partial charge in [-0.2, -0.15) is 13.9 Å². The van der Waals surface area contributed by atoms with Crippen LogP contribution >= 0.6 is 0 Å². The molecule has 0 aliphatic carbocycles. The molecule has 2 rings (SSSR count). The van der Waals surface area contributed by atoms with Gasteiger partial charge in [-0.3, -0.25) is 9.48 Å². The Morgan fingerprint density at radius 2 is 2.17 bits per heavy atom. The molecule has 0 saturated heterocycles. The number of rotatable bonds is 3. The van der Waals surface area contributed by atoms with Gasteiger partial charge in [0.15, 0.2) is 0 Å². The number of carbonyl (C=O) groups is 1. The van der Waals surface area contributed by atoms with Gasteiger partial charge in [-0.1, -0.05) is 0 Å². The molecule has 4 nitrogen and oxygen atoms in total. The number of halogens is 3. The Bertz CT molecular complexity index is 621. The van der Waals surface area contributed by atoms with Crippen molar-refractivity contribution in [3.63, 3.8) is 0 Å². The van der Waals surface area contributed by atoms with Crippen molar-refractivity contribution in [2.45, 2.75) is 5.92 Å². The van der Waals surface area contributed by atoms with Crippen molar-refractivity contribution in [3.05, 3.63) is 29.7 Å². The van der Waals surface area contributed by atoms with Crippen molar-refractivity contribution in [1.82, 2.24) is 9.78 Å². The summed E-state index contributed by atoms with van der Waals surface area (Å²) < 4.78 is 42.6. The number of nitrogens with two attached hydrogens (primary N) is 1. The summed E-state index contributed by atoms with van der Waals surface area (Å²) in [5.41, 5.74) is 4.17. The minimum Gasteiger partial charge on any atom is -0.324 e. The fraction of sp³-hybridized carbons (Fsp3) is 0.273. The van der Waals surface area contributed by atoms with Gasteiger partial charge in [0.25, 0.3) is 0 Å². The van der Waals surface area contributed by atoms with Crippen molar-refractivity contribution in [2.75, 3.05) is 6.54 Å². The standard InChI is InChI=1S/C11H10F3N3O/c1-17-5-6-8(16-17)3-2-7(10(6)12)11(13,14)9(18)4-15/h2-3,5H,4,15H2,1H3. The van der Waals surface area contributed by atoms with Crippen LogP contribution in [0, 0.1) is 5.82 Å². The first-order chi connectivity index (χ1) is 8.37. The van der Waals surface area contributed by atoms with Crippen LogP contribution in [0.1, 0.15) is 5.56 Å². The van der Waals surface area contributed by atoms with Crippen molar-refractivity contribution < 1.29 is 18.0 Å². The zero-order valence-electron chi connectivity index (χ0n) is 9.45. The van der Waals surface area contributed by atoms with Gasteiger partial charge in [0.05, 0.1) is 23.0 Å². The van der Waals surface area contributed by atoms with E-state index in [1.165, 1.54) is 16.9 Å². The molecule has 0 amide bonds. The summed E-state index contributed by atoms with van der Waals surface area (Å²) in [4.78, 5) is 11.1. The average Bonchev–Trinajstić information content (AvgIpc) is 2.69. The predicted molar refractivity (Wildman–Crippen MR) is 58.6 cm³/mol. The van der Waals surface area contributed by atoms with E-state index in [1.807, 2.05) is 0 Å². The molecule has 0 spiro atoms. The minimum atomic E-state index is -3.93. The van der Waals surface area contributed by atoms with Gasteiger partial charge in [-0.25, -0.2) is 4.39 Å². The van der Waals surface area contributed by atoms with Gasteiger partial charge >= 0.3 is 5.92 Å². The number of aryl methyl sites for hydroxylation is 1. The number of aromatic nitrogens is 2. The maximum atomic E-state index is 13.9. The molecule has 1 heterocycles. The highest BCUT2D eigenvalue weighted by Crippen LogP contribution is 2.33. The fourth-order valence-electron chi connectivity index (χ4n) is 1.70. The molecule has 0 aliphatic rings. The second-order valence-corrected chi connectivity index (χ2v) is 3.86. The summed E-state index contributed by atoms with van der Waals surface area (Å²) in [6.07, 6.45) is 1.27. The molecule has 0 radical (unpaired) electrons. The fourth-order valence-corrected chi connectivity index (χ4v) is 1.70. The maximum Gasteiger partial charge on any atom is 0.334 e. The van der Waals surface area contributed by atoms with Crippen LogP contribution in [0.5, 0.6) is 0 Å². The minimum absolute atomic E-state index is 0.0560. The topological polar surface area (TPSA) is 60.9 Å². The molecule has 96 valence electrons. The molecule has 2 aromatic rings. The first-order valence-electron chi connectivity index (χ1n) is 5.11. The molecular weight excluding hydrogens is 247 g/mol. The lowest BCUT2D eigenvalue weighted by Crippen LogP contribution is -2.33. The van der Waals surface area contributed by atoms with Gasteiger partial charge in [0.1, 0.15) is 5.82 Å². The molecule has 18 heavy (non-hydrogen) atoms. The lowest BCUT2D eigenvalue weighted by molar-refractivity contribution is -0.143. The number of carbonyl (C=O) groups excluding carboxylic acids is 1. The summed E-state index contributed by atoms with van der Waals surface area (Å²) in [5.74, 6) is -6.60. The summed E-state index contributed by atoms with van der Waals surface area (Å²) >= 11 is 0. The van der Waals surface area contributed by atoms with E-state index in [0.29, 0.717) is 0 Å². The van der Waals surface area contributed by atoms with Crippen molar-refractivity contribution in [1.29, 1.82) is 0 Å². The zero-order valence-corrected chi connectivity index (χ0v) is 9.45. The number of fused-ring (bicyclic) bond motifs is 1. The Labute approximate surface area is 100 Å². The summed E-state index contributed by atoms with van der Waals surface area (Å²) in [5, 5.41) is 3.83. The number of ketones is 1. The van der Waals surface area contributed by atoms with Crippen molar-refractivity contribution >= 4 is 16.7 Å². The average molecular weight is 257 g/mol. The Hall–Kier alpha value is -1.89. The number of hydrogen-bond donors (Lipinski definition) is 1. The van der Waals surface area contributed by atoms with E-state index in [4.69, 9.17) is 5.73 Å². The number of alkyl halides is 2. The highest BCUT2D eigenvalue weighted by molar-refractivity contribution is 5.90. The van der Waals surface area contributed by atoms with Crippen LogP contribution in [0.4, 0.5) is 13.2 Å². The van der Waals surface area contributed by atoms with Gasteiger partial charge in [-0.05, 0) is 12.1 Å². The second kappa shape index (κ2) is 4.09. The molecule has 0 aliphatic heterocycles. The van der Waals surface area contributed by atoms with E-state index in [-0.39, 0.29) is 10.9 Å². The van der Waals surface area contributed by atoms with Gasteiger partial charge in [-0.15, -0.1) is 0 Å². The molecule has 1 aromatic heterocycles. The van der Waals surface area contributed by atoms with Crippen LogP contribution in [-0.2, 0) is 17.8 Å². The summed E-state index contributed by atoms with van der Waals surface area (Å²) in [7, 11) is 1.54. The molecule has 0 saturated carbocycles. The van der Waals surface area contributed by atoms with E-state index in [1.54, 1.807) is 7.05 Å². The summed E-state index contributed by atoms with van der Waals surface area (Å²) in [6.45, 7) is -0.850. The SMILES string of the molecule is Cn1cc2c(F)c(C(F)(F)C(=O)CN)ccc2n1. The van der Waals surface area contributed by atoms with E-state index in [9.17, 15) is 18.0 Å². The molecule has 2 N–H and O–H groups in total. The highest BCUT2D eigenvalue weighted by atomic mass is 19.3. The third-order valence-corrected chi connectivity index (χ3v) is 2.61. The molecule has 1 aromatic carbocycles. The lowest BCUT2D eigenvalue weighted by Gasteiger charge is -2.15. The predicted octanol–water partition coefficient (Wildman–Crippen LogP) is 1.33. The molecule has 0 unspecified atom stereocenters. The number of benzene rings is 1. The number of nitrogens with zero attached hydrogens (tertiary/aromatic N) is 2. The smallest absolute Gasteiger partial charge is 0.324 e. The largest absolute Gasteiger partial charge is 0.334 e. The monoisotopic (exact) mass is 257 g/mol. The molecule has 0 bridgehead atoms. The highest BCUT2D eigenvalue weighted by Gasteiger charge is 2.42. The number of Topliss-reactive ketones (excluding diaryl/α,β-unsaturated/α-hetero) is 1. The Morgan fingerprint density at radius 3 is 2.78 bits per heavy atom. The third kappa shape index (κ3) is 1.76. The first-order valence-corrected chi connectivity index (χ1v) is 5.11. The van der Waals surface area contributed by atoms with Crippen molar-refractivity contribution in [3.8, 4) is 0 Å². The maximum absolute atomic E-state index is 13.9. The van der Waals surface area contributed by atoms with E-state index in [2.05, 4.69) is 5.10 Å². The molecule has 7 heteroatoms. The van der Waals surface area contributed by atoms with E-state index in [0.717, 1.165) is 6.07 Å². The second-order valence-electron chi connectivity index (χ2n) is 3.86. The normalized spacial score (nSPS) is 12.1. The van der Waals surface area contributed by atoms with Crippen molar-refractivity contribution in [2.24, 2.45) is 12.8 Å². The number of hydrogen-bond acceptors (Lipinski definition) is 3. The Morgan fingerprint density at radius 1 is 1.50 bits per heavy atom. The van der Waals surface area contributed by atoms with E-state index >= 15 is 0 Å². The summed E-state index contributed by atoms with van der Waals surface area (Å²) in [6, 6.07) is 2.10. The lowest BCUT2D eigenvalue weighted by atomic mass is 10.0. The van der Waals surface area contributed by atoms with Gasteiger partial charge in [0, 0.05) is 13.2 Å². The van der Waals surface area contributed by atoms with Gasteiger partial charge < -0.3 is 5.73 Å². The van der Waals surface area contributed by atoms with Crippen LogP contribution in [0.3, 0.4) is 0 Å².